The molecule has 0 bridgehead atoms. The van der Waals surface area contributed by atoms with E-state index in [4.69, 9.17) is 0 Å². The van der Waals surface area contributed by atoms with Crippen molar-refractivity contribution >= 4 is 0 Å². The Morgan fingerprint density at radius 3 is 1.94 bits per heavy atom. The molecule has 0 saturated carbocycles. The summed E-state index contributed by atoms with van der Waals surface area (Å²) in [5.41, 5.74) is 7.42. The van der Waals surface area contributed by atoms with Gasteiger partial charge in [-0.3, -0.25) is 10.9 Å². The quantitative estimate of drug-likeness (QED) is 0.593. The van der Waals surface area contributed by atoms with Gasteiger partial charge in [0.2, 0.25) is 0 Å². The first kappa shape index (κ1) is 17.9. The van der Waals surface area contributed by atoms with Crippen LogP contribution in [-0.2, 0) is 0 Å². The molecule has 0 aliphatic heterocycles. The molecule has 1 atom stereocenters. The molecule has 0 aliphatic carbocycles. The van der Waals surface area contributed by atoms with Crippen LogP contribution in [0.3, 0.4) is 0 Å². The first-order chi connectivity index (χ1) is 8.12. The maximum absolute atomic E-state index is 3.54. The van der Waals surface area contributed by atoms with E-state index in [0.29, 0.717) is 6.04 Å². The number of hydrogen-bond donors (Lipinski definition) is 2. The SMILES string of the molecule is CCC(C)(C)C(C)(C)NNC(C)CCCC(C)C. The van der Waals surface area contributed by atoms with Crippen molar-refractivity contribution in [2.24, 2.45) is 11.3 Å². The number of rotatable bonds is 9. The summed E-state index contributed by atoms with van der Waals surface area (Å²) in [5.74, 6) is 0.820. The van der Waals surface area contributed by atoms with Crippen LogP contribution in [0, 0.1) is 11.3 Å². The molecule has 0 saturated heterocycles. The first-order valence-corrected chi connectivity index (χ1v) is 7.65. The van der Waals surface area contributed by atoms with Crippen LogP contribution in [0.25, 0.3) is 0 Å². The molecule has 0 spiro atoms. The minimum Gasteiger partial charge on any atom is -0.255 e. The van der Waals surface area contributed by atoms with Crippen LogP contribution >= 0.6 is 0 Å². The number of hydrogen-bond acceptors (Lipinski definition) is 2. The summed E-state index contributed by atoms with van der Waals surface area (Å²) >= 11 is 0. The maximum Gasteiger partial charge on any atom is 0.0318 e. The Labute approximate surface area is 115 Å². The Morgan fingerprint density at radius 1 is 0.944 bits per heavy atom. The number of nitrogens with one attached hydrogen (secondary N) is 2. The Morgan fingerprint density at radius 2 is 1.50 bits per heavy atom. The predicted molar refractivity (Wildman–Crippen MR) is 82.6 cm³/mol. The summed E-state index contributed by atoms with van der Waals surface area (Å²) in [7, 11) is 0. The number of hydrazine groups is 1. The minimum absolute atomic E-state index is 0.105. The fraction of sp³-hybridized carbons (Fsp3) is 1.00. The predicted octanol–water partition coefficient (Wildman–Crippen LogP) is 4.51. The van der Waals surface area contributed by atoms with E-state index in [1.807, 2.05) is 0 Å². The van der Waals surface area contributed by atoms with E-state index in [-0.39, 0.29) is 11.0 Å². The molecule has 0 radical (unpaired) electrons. The zero-order valence-electron chi connectivity index (χ0n) is 14.0. The zero-order valence-corrected chi connectivity index (χ0v) is 14.0. The average Bonchev–Trinajstić information content (AvgIpc) is 2.25. The van der Waals surface area contributed by atoms with Gasteiger partial charge in [0.15, 0.2) is 0 Å². The fourth-order valence-corrected chi connectivity index (χ4v) is 1.82. The topological polar surface area (TPSA) is 24.1 Å². The molecular weight excluding hydrogens is 220 g/mol. The molecule has 2 heteroatoms. The van der Waals surface area contributed by atoms with E-state index >= 15 is 0 Å². The molecule has 0 aromatic carbocycles. The molecule has 0 fully saturated rings. The van der Waals surface area contributed by atoms with E-state index in [9.17, 15) is 0 Å². The van der Waals surface area contributed by atoms with Gasteiger partial charge < -0.3 is 0 Å². The third-order valence-corrected chi connectivity index (χ3v) is 4.63. The Hall–Kier alpha value is -0.0800. The third-order valence-electron chi connectivity index (χ3n) is 4.63. The molecule has 0 amide bonds. The van der Waals surface area contributed by atoms with Crippen LogP contribution in [0.4, 0.5) is 0 Å². The van der Waals surface area contributed by atoms with E-state index in [0.717, 1.165) is 5.92 Å². The lowest BCUT2D eigenvalue weighted by molar-refractivity contribution is 0.121. The van der Waals surface area contributed by atoms with Gasteiger partial charge in [0.25, 0.3) is 0 Å². The van der Waals surface area contributed by atoms with Gasteiger partial charge in [-0.2, -0.15) is 0 Å². The highest BCUT2D eigenvalue weighted by Gasteiger charge is 2.35. The Kier molecular flexibility index (Phi) is 7.46. The van der Waals surface area contributed by atoms with Gasteiger partial charge >= 0.3 is 0 Å². The molecule has 18 heavy (non-hydrogen) atoms. The molecule has 0 aliphatic rings. The second kappa shape index (κ2) is 7.49. The molecule has 2 nitrogen and oxygen atoms in total. The molecular formula is C16H36N2. The van der Waals surface area contributed by atoms with Crippen LogP contribution in [0.15, 0.2) is 0 Å². The van der Waals surface area contributed by atoms with Crippen molar-refractivity contribution in [3.05, 3.63) is 0 Å². The average molecular weight is 256 g/mol. The van der Waals surface area contributed by atoms with Crippen LogP contribution in [0.5, 0.6) is 0 Å². The Balaban J connectivity index is 4.00. The normalized spacial score (nSPS) is 15.2. The van der Waals surface area contributed by atoms with Gasteiger partial charge in [-0.15, -0.1) is 0 Å². The van der Waals surface area contributed by atoms with Crippen molar-refractivity contribution < 1.29 is 0 Å². The minimum atomic E-state index is 0.105. The summed E-state index contributed by atoms with van der Waals surface area (Å²) in [5, 5.41) is 0. The highest BCUT2D eigenvalue weighted by molar-refractivity contribution is 4.91. The van der Waals surface area contributed by atoms with Gasteiger partial charge in [-0.05, 0) is 44.9 Å². The molecule has 110 valence electrons. The lowest BCUT2D eigenvalue weighted by Crippen LogP contribution is -2.58. The van der Waals surface area contributed by atoms with Gasteiger partial charge in [-0.25, -0.2) is 0 Å². The molecule has 1 unspecified atom stereocenters. The molecule has 2 N–H and O–H groups in total. The van der Waals surface area contributed by atoms with Gasteiger partial charge in [-0.1, -0.05) is 47.5 Å². The van der Waals surface area contributed by atoms with Gasteiger partial charge in [0.1, 0.15) is 0 Å². The highest BCUT2D eigenvalue weighted by Crippen LogP contribution is 2.33. The highest BCUT2D eigenvalue weighted by atomic mass is 15.4. The van der Waals surface area contributed by atoms with Crippen LogP contribution in [-0.4, -0.2) is 11.6 Å². The monoisotopic (exact) mass is 256 g/mol. The maximum atomic E-state index is 3.54. The molecule has 0 aromatic heterocycles. The summed E-state index contributed by atoms with van der Waals surface area (Å²) in [6, 6.07) is 0.538. The van der Waals surface area contributed by atoms with E-state index in [1.165, 1.54) is 25.7 Å². The summed E-state index contributed by atoms with van der Waals surface area (Å²) in [6.07, 6.45) is 5.06. The zero-order chi connectivity index (χ0) is 14.4. The standard InChI is InChI=1S/C16H36N2/c1-9-15(5,6)16(7,8)18-17-14(4)12-10-11-13(2)3/h13-14,17-18H,9-12H2,1-8H3. The van der Waals surface area contributed by atoms with Crippen molar-refractivity contribution in [1.29, 1.82) is 0 Å². The van der Waals surface area contributed by atoms with E-state index in [1.54, 1.807) is 0 Å². The van der Waals surface area contributed by atoms with E-state index < -0.39 is 0 Å². The van der Waals surface area contributed by atoms with Crippen molar-refractivity contribution in [3.63, 3.8) is 0 Å². The summed E-state index contributed by atoms with van der Waals surface area (Å²) < 4.78 is 0. The van der Waals surface area contributed by atoms with Crippen LogP contribution in [0.2, 0.25) is 0 Å². The Bertz CT molecular complexity index is 219. The summed E-state index contributed by atoms with van der Waals surface area (Å²) in [6.45, 7) is 18.3. The van der Waals surface area contributed by atoms with Crippen LogP contribution < -0.4 is 10.9 Å². The lowest BCUT2D eigenvalue weighted by Gasteiger charge is -2.42. The first-order valence-electron chi connectivity index (χ1n) is 7.65. The molecule has 0 rings (SSSR count). The second-order valence-electron chi connectivity index (χ2n) is 7.36. The third kappa shape index (κ3) is 6.19. The van der Waals surface area contributed by atoms with Crippen LogP contribution in [0.1, 0.15) is 81.1 Å². The van der Waals surface area contributed by atoms with Gasteiger partial charge in [0.05, 0.1) is 0 Å². The fourth-order valence-electron chi connectivity index (χ4n) is 1.82. The van der Waals surface area contributed by atoms with E-state index in [2.05, 4.69) is 66.2 Å². The largest absolute Gasteiger partial charge is 0.255 e. The van der Waals surface area contributed by atoms with Gasteiger partial charge in [0, 0.05) is 11.6 Å². The van der Waals surface area contributed by atoms with Crippen molar-refractivity contribution in [1.82, 2.24) is 10.9 Å². The lowest BCUT2D eigenvalue weighted by atomic mass is 9.73. The smallest absolute Gasteiger partial charge is 0.0318 e. The van der Waals surface area contributed by atoms with Crippen molar-refractivity contribution in [2.75, 3.05) is 0 Å². The van der Waals surface area contributed by atoms with Crippen molar-refractivity contribution in [3.8, 4) is 0 Å². The van der Waals surface area contributed by atoms with Crippen molar-refractivity contribution in [2.45, 2.75) is 92.7 Å². The molecule has 0 aromatic rings. The summed E-state index contributed by atoms with van der Waals surface area (Å²) in [4.78, 5) is 0. The second-order valence-corrected chi connectivity index (χ2v) is 7.36. The molecule has 0 heterocycles.